The van der Waals surface area contributed by atoms with Crippen LogP contribution in [0.4, 0.5) is 8.78 Å². The molecule has 2 aliphatic rings. The summed E-state index contributed by atoms with van der Waals surface area (Å²) in [7, 11) is 0. The third kappa shape index (κ3) is 3.65. The third-order valence-corrected chi connectivity index (χ3v) is 4.79. The van der Waals surface area contributed by atoms with Gasteiger partial charge in [0.05, 0.1) is 0 Å². The molecule has 1 aliphatic carbocycles. The molecule has 0 radical (unpaired) electrons. The molecule has 7 nitrogen and oxygen atoms in total. The van der Waals surface area contributed by atoms with Gasteiger partial charge in [-0.15, -0.1) is 12.3 Å². The zero-order chi connectivity index (χ0) is 19.0. The molecule has 0 atom stereocenters. The molecular formula is C18H18F2N6O. The lowest BCUT2D eigenvalue weighted by molar-refractivity contribution is 0.0945. The fourth-order valence-electron chi connectivity index (χ4n) is 3.01. The average molecular weight is 372 g/mol. The molecule has 27 heavy (non-hydrogen) atoms. The second-order valence-electron chi connectivity index (χ2n) is 6.87. The maximum Gasteiger partial charge on any atom is 0.280 e. The molecular weight excluding hydrogens is 354 g/mol. The molecule has 9 heteroatoms. The molecule has 1 fully saturated rings. The second kappa shape index (κ2) is 6.68. The van der Waals surface area contributed by atoms with Crippen molar-refractivity contribution in [1.82, 2.24) is 19.9 Å². The number of aromatic nitrogens is 3. The van der Waals surface area contributed by atoms with Crippen LogP contribution in [0.3, 0.4) is 0 Å². The smallest absolute Gasteiger partial charge is 0.280 e. The molecule has 0 unspecified atom stereocenters. The molecule has 3 heterocycles. The monoisotopic (exact) mass is 372 g/mol. The Labute approximate surface area is 154 Å². The number of hydrogen-bond donors (Lipinski definition) is 1. The highest BCUT2D eigenvalue weighted by Gasteiger charge is 2.38. The minimum Gasteiger partial charge on any atom is -0.350 e. The SMILES string of the molecule is C#CCCC1(CCNC(=O)c2cc3nc(C4CC4)cc(C(F)F)n3n2)N=N1. The summed E-state index contributed by atoms with van der Waals surface area (Å²) in [6.45, 7) is 0.340. The maximum atomic E-state index is 13.4. The average Bonchev–Trinajstić information content (AvgIpc) is 3.57. The number of hydrogen-bond acceptors (Lipinski definition) is 5. The van der Waals surface area contributed by atoms with E-state index in [-0.39, 0.29) is 23.0 Å². The van der Waals surface area contributed by atoms with E-state index in [4.69, 9.17) is 6.42 Å². The Bertz CT molecular complexity index is 951. The highest BCUT2D eigenvalue weighted by Crippen LogP contribution is 2.40. The molecule has 0 aromatic carbocycles. The van der Waals surface area contributed by atoms with E-state index in [1.165, 1.54) is 12.1 Å². The van der Waals surface area contributed by atoms with Crippen LogP contribution in [-0.4, -0.2) is 32.7 Å². The quantitative estimate of drug-likeness (QED) is 0.722. The Balaban J connectivity index is 1.46. The Hall–Kier alpha value is -2.89. The number of carbonyl (C=O) groups excluding carboxylic acids is 1. The van der Waals surface area contributed by atoms with Crippen molar-refractivity contribution in [2.75, 3.05) is 6.54 Å². The van der Waals surface area contributed by atoms with Gasteiger partial charge in [-0.3, -0.25) is 4.79 Å². The molecule has 1 amide bonds. The van der Waals surface area contributed by atoms with Crippen molar-refractivity contribution in [3.8, 4) is 12.3 Å². The zero-order valence-electron chi connectivity index (χ0n) is 14.5. The van der Waals surface area contributed by atoms with Gasteiger partial charge in [-0.1, -0.05) is 0 Å². The number of halogens is 2. The van der Waals surface area contributed by atoms with Crippen LogP contribution in [0.5, 0.6) is 0 Å². The number of terminal acetylenes is 1. The van der Waals surface area contributed by atoms with Crippen LogP contribution >= 0.6 is 0 Å². The van der Waals surface area contributed by atoms with Crippen LogP contribution in [0.15, 0.2) is 22.4 Å². The number of carbonyl (C=O) groups is 1. The lowest BCUT2D eigenvalue weighted by Gasteiger charge is -2.09. The lowest BCUT2D eigenvalue weighted by Crippen LogP contribution is -2.28. The molecule has 0 spiro atoms. The van der Waals surface area contributed by atoms with Gasteiger partial charge >= 0.3 is 0 Å². The molecule has 0 saturated heterocycles. The highest BCUT2D eigenvalue weighted by molar-refractivity contribution is 5.93. The van der Waals surface area contributed by atoms with Gasteiger partial charge < -0.3 is 5.32 Å². The molecule has 2 aromatic rings. The number of fused-ring (bicyclic) bond motifs is 1. The van der Waals surface area contributed by atoms with Gasteiger partial charge in [0.25, 0.3) is 12.3 Å². The van der Waals surface area contributed by atoms with E-state index in [9.17, 15) is 13.6 Å². The van der Waals surface area contributed by atoms with Crippen LogP contribution < -0.4 is 5.32 Å². The molecule has 1 aliphatic heterocycles. The van der Waals surface area contributed by atoms with Crippen molar-refractivity contribution in [1.29, 1.82) is 0 Å². The first-order valence-electron chi connectivity index (χ1n) is 8.86. The molecule has 1 N–H and O–H groups in total. The van der Waals surface area contributed by atoms with E-state index in [0.717, 1.165) is 17.4 Å². The van der Waals surface area contributed by atoms with Gasteiger partial charge in [-0.25, -0.2) is 18.3 Å². The molecule has 4 rings (SSSR count). The summed E-state index contributed by atoms with van der Waals surface area (Å²) in [6.07, 6.45) is 6.21. The van der Waals surface area contributed by atoms with Crippen molar-refractivity contribution in [3.63, 3.8) is 0 Å². The largest absolute Gasteiger partial charge is 0.350 e. The van der Waals surface area contributed by atoms with Crippen molar-refractivity contribution in [2.24, 2.45) is 10.2 Å². The standard InChI is InChI=1S/C18H18F2N6O/c1-2-3-6-18(24-25-18)7-8-21-17(27)13-10-15-22-12(11-4-5-11)9-14(16(19)20)26(15)23-13/h1,9-11,16H,3-8H2,(H,21,27). The van der Waals surface area contributed by atoms with Gasteiger partial charge in [0.15, 0.2) is 17.0 Å². The summed E-state index contributed by atoms with van der Waals surface area (Å²) in [5.41, 5.74) is 0.223. The first kappa shape index (κ1) is 17.5. The summed E-state index contributed by atoms with van der Waals surface area (Å²) >= 11 is 0. The number of nitrogens with one attached hydrogen (secondary N) is 1. The molecule has 140 valence electrons. The van der Waals surface area contributed by atoms with E-state index in [1.807, 2.05) is 0 Å². The second-order valence-corrected chi connectivity index (χ2v) is 6.87. The highest BCUT2D eigenvalue weighted by atomic mass is 19.3. The number of amides is 1. The summed E-state index contributed by atoms with van der Waals surface area (Å²) in [6, 6.07) is 2.82. The van der Waals surface area contributed by atoms with Crippen molar-refractivity contribution in [2.45, 2.75) is 50.1 Å². The number of rotatable bonds is 8. The minimum absolute atomic E-state index is 0.0553. The minimum atomic E-state index is -2.70. The van der Waals surface area contributed by atoms with Crippen LogP contribution in [-0.2, 0) is 0 Å². The first-order chi connectivity index (χ1) is 13.0. The van der Waals surface area contributed by atoms with Gasteiger partial charge in [-0.2, -0.15) is 15.3 Å². The third-order valence-electron chi connectivity index (χ3n) is 4.79. The Kier molecular flexibility index (Phi) is 4.34. The van der Waals surface area contributed by atoms with Gasteiger partial charge in [-0.05, 0) is 18.9 Å². The van der Waals surface area contributed by atoms with E-state index in [1.54, 1.807) is 0 Å². The first-order valence-corrected chi connectivity index (χ1v) is 8.86. The summed E-state index contributed by atoms with van der Waals surface area (Å²) in [4.78, 5) is 16.7. The maximum absolute atomic E-state index is 13.4. The van der Waals surface area contributed by atoms with Gasteiger partial charge in [0.2, 0.25) is 0 Å². The predicted octanol–water partition coefficient (Wildman–Crippen LogP) is 3.24. The van der Waals surface area contributed by atoms with Crippen LogP contribution in [0.2, 0.25) is 0 Å². The summed E-state index contributed by atoms with van der Waals surface area (Å²) < 4.78 is 27.8. The fourth-order valence-corrected chi connectivity index (χ4v) is 3.01. The Morgan fingerprint density at radius 3 is 2.78 bits per heavy atom. The van der Waals surface area contributed by atoms with Crippen LogP contribution in [0.1, 0.15) is 66.3 Å². The van der Waals surface area contributed by atoms with Crippen molar-refractivity contribution >= 4 is 11.6 Å². The van der Waals surface area contributed by atoms with E-state index >= 15 is 0 Å². The lowest BCUT2D eigenvalue weighted by atomic mass is 10.0. The molecule has 0 bridgehead atoms. The Morgan fingerprint density at radius 2 is 2.15 bits per heavy atom. The van der Waals surface area contributed by atoms with Crippen molar-refractivity contribution < 1.29 is 13.6 Å². The fraction of sp³-hybridized carbons (Fsp3) is 0.500. The van der Waals surface area contributed by atoms with E-state index in [0.29, 0.717) is 31.5 Å². The zero-order valence-corrected chi connectivity index (χ0v) is 14.5. The van der Waals surface area contributed by atoms with Crippen LogP contribution in [0, 0.1) is 12.3 Å². The summed E-state index contributed by atoms with van der Waals surface area (Å²) in [5.74, 6) is 2.33. The normalized spacial score (nSPS) is 17.3. The molecule has 1 saturated carbocycles. The molecule has 2 aromatic heterocycles. The Morgan fingerprint density at radius 1 is 1.37 bits per heavy atom. The number of nitrogens with zero attached hydrogens (tertiary/aromatic N) is 5. The van der Waals surface area contributed by atoms with E-state index < -0.39 is 18.0 Å². The topological polar surface area (TPSA) is 84.0 Å². The van der Waals surface area contributed by atoms with Gasteiger partial charge in [0.1, 0.15) is 5.69 Å². The van der Waals surface area contributed by atoms with Gasteiger partial charge in [0, 0.05) is 43.5 Å². The number of alkyl halides is 2. The van der Waals surface area contributed by atoms with Crippen molar-refractivity contribution in [3.05, 3.63) is 29.2 Å². The summed E-state index contributed by atoms with van der Waals surface area (Å²) in [5, 5.41) is 14.8. The van der Waals surface area contributed by atoms with E-state index in [2.05, 4.69) is 31.5 Å². The predicted molar refractivity (Wildman–Crippen MR) is 92.5 cm³/mol. The van der Waals surface area contributed by atoms with Crippen LogP contribution in [0.25, 0.3) is 5.65 Å².